The molecule has 0 unspecified atom stereocenters. The van der Waals surface area contributed by atoms with Gasteiger partial charge in [-0.2, -0.15) is 0 Å². The molecule has 12 heteroatoms. The van der Waals surface area contributed by atoms with Crippen molar-refractivity contribution in [2.75, 3.05) is 0 Å². The number of nitrogens with zero attached hydrogens (tertiary/aromatic N) is 3. The van der Waals surface area contributed by atoms with Crippen LogP contribution in [-0.2, 0) is 14.4 Å². The van der Waals surface area contributed by atoms with Crippen molar-refractivity contribution in [2.45, 2.75) is 0 Å². The second-order valence-electron chi connectivity index (χ2n) is 6.99. The normalized spacial score (nSPS) is 10.3. The Morgan fingerprint density at radius 1 is 0.500 bits per heavy atom. The second-order valence-corrected chi connectivity index (χ2v) is 6.99. The molecule has 1 aromatic heterocycles. The zero-order chi connectivity index (χ0) is 25.7. The Labute approximate surface area is 202 Å². The van der Waals surface area contributed by atoms with Crippen LogP contribution in [0.3, 0.4) is 0 Å². The molecule has 0 aliphatic carbocycles. The minimum atomic E-state index is -0.324. The predicted octanol–water partition coefficient (Wildman–Crippen LogP) is 2.60. The van der Waals surface area contributed by atoms with Crippen LogP contribution < -0.4 is 14.2 Å². The van der Waals surface area contributed by atoms with Crippen molar-refractivity contribution >= 4 is 19.4 Å². The molecule has 36 heavy (non-hydrogen) atoms. The quantitative estimate of drug-likeness (QED) is 0.293. The van der Waals surface area contributed by atoms with E-state index in [4.69, 9.17) is 14.2 Å². The van der Waals surface area contributed by atoms with Crippen LogP contribution in [0, 0.1) is 0 Å². The Morgan fingerprint density at radius 3 is 1.00 bits per heavy atom. The molecular formula is C24H15N3O9. The molecule has 0 bridgehead atoms. The van der Waals surface area contributed by atoms with Crippen LogP contribution in [0.2, 0.25) is 0 Å². The maximum Gasteiger partial charge on any atom is 0.298 e. The summed E-state index contributed by atoms with van der Waals surface area (Å²) in [5, 5.41) is 31.5. The molecule has 0 atom stereocenters. The summed E-state index contributed by atoms with van der Waals surface area (Å²) in [6.45, 7) is 0.610. The first kappa shape index (κ1) is 23.6. The highest BCUT2D eigenvalue weighted by molar-refractivity contribution is 5.75. The highest BCUT2D eigenvalue weighted by Gasteiger charge is 2.19. The molecule has 0 aliphatic rings. The van der Waals surface area contributed by atoms with Gasteiger partial charge in [0.25, 0.3) is 19.4 Å². The first-order chi connectivity index (χ1) is 17.4. The van der Waals surface area contributed by atoms with E-state index in [1.54, 1.807) is 0 Å². The molecule has 3 N–H and O–H groups in total. The van der Waals surface area contributed by atoms with Crippen LogP contribution in [0.25, 0.3) is 34.2 Å². The van der Waals surface area contributed by atoms with Crippen LogP contribution in [0.1, 0.15) is 0 Å². The Bertz CT molecular complexity index is 1290. The van der Waals surface area contributed by atoms with Gasteiger partial charge in [-0.3, -0.25) is 14.4 Å². The van der Waals surface area contributed by atoms with Crippen molar-refractivity contribution in [3.8, 4) is 68.7 Å². The van der Waals surface area contributed by atoms with Gasteiger partial charge in [0.15, 0.2) is 17.5 Å². The van der Waals surface area contributed by atoms with Crippen molar-refractivity contribution in [1.82, 2.24) is 15.0 Å². The first-order valence-electron chi connectivity index (χ1n) is 10.0. The van der Waals surface area contributed by atoms with Gasteiger partial charge in [-0.15, -0.1) is 0 Å². The molecule has 0 amide bonds. The maximum atomic E-state index is 10.6. The van der Waals surface area contributed by atoms with Gasteiger partial charge in [-0.25, -0.2) is 15.0 Å². The zero-order valence-corrected chi connectivity index (χ0v) is 18.1. The first-order valence-corrected chi connectivity index (χ1v) is 10.0. The summed E-state index contributed by atoms with van der Waals surface area (Å²) in [5.41, 5.74) is 0.372. The monoisotopic (exact) mass is 489 g/mol. The maximum absolute atomic E-state index is 10.6. The highest BCUT2D eigenvalue weighted by Crippen LogP contribution is 2.37. The molecule has 0 saturated heterocycles. The number of aromatic nitrogens is 3. The number of aromatic hydroxyl groups is 3. The van der Waals surface area contributed by atoms with Crippen molar-refractivity contribution < 1.29 is 43.9 Å². The van der Waals surface area contributed by atoms with E-state index in [-0.39, 0.29) is 88.1 Å². The fourth-order valence-corrected chi connectivity index (χ4v) is 3.23. The van der Waals surface area contributed by atoms with E-state index in [1.165, 1.54) is 54.6 Å². The summed E-state index contributed by atoms with van der Waals surface area (Å²) < 4.78 is 14.2. The third-order valence-electron chi connectivity index (χ3n) is 4.82. The van der Waals surface area contributed by atoms with E-state index in [0.29, 0.717) is 0 Å². The molecule has 3 aromatic carbocycles. The number of phenolic OH excluding ortho intramolecular Hbond substituents is 3. The van der Waals surface area contributed by atoms with Gasteiger partial charge < -0.3 is 29.5 Å². The van der Waals surface area contributed by atoms with Gasteiger partial charge in [0.05, 0.1) is 16.7 Å². The Morgan fingerprint density at radius 2 is 0.778 bits per heavy atom. The van der Waals surface area contributed by atoms with Crippen LogP contribution >= 0.6 is 0 Å². The van der Waals surface area contributed by atoms with Gasteiger partial charge in [0.2, 0.25) is 0 Å². The SMILES string of the molecule is O=COc1ccc(-c2nc(-c3ccc(OC=O)cc3O)nc(-c3ccc(OC=O)cc3O)n2)c(O)c1. The Balaban J connectivity index is 1.90. The molecule has 0 spiro atoms. The smallest absolute Gasteiger partial charge is 0.298 e. The summed E-state index contributed by atoms with van der Waals surface area (Å²) in [6, 6.07) is 11.9. The van der Waals surface area contributed by atoms with Gasteiger partial charge in [-0.1, -0.05) is 0 Å². The van der Waals surface area contributed by atoms with Crippen LogP contribution in [-0.4, -0.2) is 49.7 Å². The minimum Gasteiger partial charge on any atom is -0.507 e. The number of carbonyl (C=O) groups is 3. The number of benzene rings is 3. The average Bonchev–Trinajstić information content (AvgIpc) is 2.85. The fourth-order valence-electron chi connectivity index (χ4n) is 3.23. The Hall–Kier alpha value is -5.52. The summed E-state index contributed by atoms with van der Waals surface area (Å²) in [5.74, 6) is -0.894. The lowest BCUT2D eigenvalue weighted by Gasteiger charge is -2.12. The van der Waals surface area contributed by atoms with E-state index in [0.717, 1.165) is 0 Å². The lowest BCUT2D eigenvalue weighted by molar-refractivity contribution is -0.121. The molecule has 180 valence electrons. The molecule has 4 aromatic rings. The molecule has 12 nitrogen and oxygen atoms in total. The Kier molecular flexibility index (Phi) is 6.68. The number of hydrogen-bond donors (Lipinski definition) is 3. The van der Waals surface area contributed by atoms with Crippen molar-refractivity contribution in [3.05, 3.63) is 54.6 Å². The van der Waals surface area contributed by atoms with E-state index in [9.17, 15) is 29.7 Å². The largest absolute Gasteiger partial charge is 0.507 e. The van der Waals surface area contributed by atoms with E-state index < -0.39 is 0 Å². The topological polar surface area (TPSA) is 178 Å². The van der Waals surface area contributed by atoms with Crippen LogP contribution in [0.15, 0.2) is 54.6 Å². The van der Waals surface area contributed by atoms with Crippen LogP contribution in [0.4, 0.5) is 0 Å². The lowest BCUT2D eigenvalue weighted by atomic mass is 10.1. The molecular weight excluding hydrogens is 474 g/mol. The van der Waals surface area contributed by atoms with Gasteiger partial charge >= 0.3 is 0 Å². The van der Waals surface area contributed by atoms with Crippen molar-refractivity contribution in [1.29, 1.82) is 0 Å². The standard InChI is InChI=1S/C24H15N3O9/c28-10-34-13-1-4-16(19(31)7-13)22-25-23(17-5-2-14(35-11-29)8-20(17)32)27-24(26-22)18-6-3-15(36-12-30)9-21(18)33/h1-12,31-33H. The average molecular weight is 489 g/mol. The van der Waals surface area contributed by atoms with E-state index >= 15 is 0 Å². The summed E-state index contributed by atoms with van der Waals surface area (Å²) in [7, 11) is 0. The number of ether oxygens (including phenoxy) is 3. The molecule has 4 rings (SSSR count). The third-order valence-corrected chi connectivity index (χ3v) is 4.82. The fraction of sp³-hybridized carbons (Fsp3) is 0. The van der Waals surface area contributed by atoms with E-state index in [1.807, 2.05) is 0 Å². The number of hydrogen-bond acceptors (Lipinski definition) is 12. The zero-order valence-electron chi connectivity index (χ0n) is 18.1. The third kappa shape index (κ3) is 4.87. The second kappa shape index (κ2) is 10.2. The predicted molar refractivity (Wildman–Crippen MR) is 121 cm³/mol. The van der Waals surface area contributed by atoms with E-state index in [2.05, 4.69) is 15.0 Å². The minimum absolute atomic E-state index is 0.0506. The lowest BCUT2D eigenvalue weighted by Crippen LogP contribution is -2.01. The molecule has 1 heterocycles. The number of carbonyl (C=O) groups excluding carboxylic acids is 3. The summed E-state index contributed by atoms with van der Waals surface area (Å²) in [6.07, 6.45) is 0. The molecule has 0 radical (unpaired) electrons. The molecule has 0 fully saturated rings. The molecule has 0 aliphatic heterocycles. The number of phenols is 3. The van der Waals surface area contributed by atoms with Crippen LogP contribution in [0.5, 0.6) is 34.5 Å². The summed E-state index contributed by atoms with van der Waals surface area (Å²) in [4.78, 5) is 44.8. The molecule has 0 saturated carbocycles. The van der Waals surface area contributed by atoms with Gasteiger partial charge in [0.1, 0.15) is 34.5 Å². The van der Waals surface area contributed by atoms with Crippen molar-refractivity contribution in [3.63, 3.8) is 0 Å². The summed E-state index contributed by atoms with van der Waals surface area (Å²) >= 11 is 0. The van der Waals surface area contributed by atoms with Crippen molar-refractivity contribution in [2.24, 2.45) is 0 Å². The van der Waals surface area contributed by atoms with Gasteiger partial charge in [-0.05, 0) is 36.4 Å². The highest BCUT2D eigenvalue weighted by atomic mass is 16.5. The number of rotatable bonds is 9. The van der Waals surface area contributed by atoms with Gasteiger partial charge in [0, 0.05) is 18.2 Å².